The molecule has 0 aliphatic heterocycles. The molecule has 0 radical (unpaired) electrons. The molecule has 2 rings (SSSR count). The molecular formula is C20H38O2. The summed E-state index contributed by atoms with van der Waals surface area (Å²) in [5.74, 6) is 3.49. The molecule has 2 heteroatoms. The normalized spacial score (nSPS) is 29.6. The zero-order valence-electron chi connectivity index (χ0n) is 15.4. The summed E-state index contributed by atoms with van der Waals surface area (Å²) in [5.41, 5.74) is 0.244. The Balaban J connectivity index is 2.19. The summed E-state index contributed by atoms with van der Waals surface area (Å²) in [4.78, 5) is 0. The van der Waals surface area contributed by atoms with Gasteiger partial charge in [-0.25, -0.2) is 0 Å². The van der Waals surface area contributed by atoms with Gasteiger partial charge in [-0.05, 0) is 42.9 Å². The average Bonchev–Trinajstić information content (AvgIpc) is 2.52. The summed E-state index contributed by atoms with van der Waals surface area (Å²) < 4.78 is 11.5. The molecule has 0 bridgehead atoms. The molecule has 0 spiro atoms. The van der Waals surface area contributed by atoms with Crippen LogP contribution >= 0.6 is 0 Å². The van der Waals surface area contributed by atoms with E-state index in [0.29, 0.717) is 0 Å². The molecule has 0 aromatic rings. The Kier molecular flexibility index (Phi) is 7.21. The highest BCUT2D eigenvalue weighted by atomic mass is 16.5. The van der Waals surface area contributed by atoms with Crippen LogP contribution in [0.15, 0.2) is 0 Å². The van der Waals surface area contributed by atoms with Gasteiger partial charge in [-0.3, -0.25) is 0 Å². The Bertz CT molecular complexity index is 305. The van der Waals surface area contributed by atoms with Crippen LogP contribution in [0.25, 0.3) is 0 Å². The zero-order chi connectivity index (χ0) is 16.0. The molecule has 0 aromatic carbocycles. The van der Waals surface area contributed by atoms with Crippen LogP contribution in [0.5, 0.6) is 0 Å². The van der Waals surface area contributed by atoms with Crippen molar-refractivity contribution in [3.05, 3.63) is 0 Å². The molecular weight excluding hydrogens is 272 g/mol. The fraction of sp³-hybridized carbons (Fsp3) is 1.00. The van der Waals surface area contributed by atoms with Crippen LogP contribution in [0.3, 0.4) is 0 Å². The highest BCUT2D eigenvalue weighted by molar-refractivity contribution is 4.96. The quantitative estimate of drug-likeness (QED) is 0.605. The van der Waals surface area contributed by atoms with Gasteiger partial charge in [-0.15, -0.1) is 0 Å². The third kappa shape index (κ3) is 4.26. The lowest BCUT2D eigenvalue weighted by Gasteiger charge is -2.51. The van der Waals surface area contributed by atoms with Gasteiger partial charge >= 0.3 is 0 Å². The van der Waals surface area contributed by atoms with E-state index < -0.39 is 0 Å². The lowest BCUT2D eigenvalue weighted by Crippen LogP contribution is -2.47. The number of methoxy groups -OCH3 is 2. The molecule has 22 heavy (non-hydrogen) atoms. The number of rotatable bonds is 8. The third-order valence-electron chi connectivity index (χ3n) is 6.44. The summed E-state index contributed by atoms with van der Waals surface area (Å²) in [7, 11) is 3.75. The van der Waals surface area contributed by atoms with Crippen molar-refractivity contribution >= 4 is 0 Å². The SMILES string of the molecule is COCC(CCC(C)C)(COC)C1CCCC2CCCCC21. The number of fused-ring (bicyclic) bond motifs is 1. The molecule has 3 atom stereocenters. The summed E-state index contributed by atoms with van der Waals surface area (Å²) in [6.45, 7) is 6.44. The summed E-state index contributed by atoms with van der Waals surface area (Å²) in [6.07, 6.45) is 12.7. The summed E-state index contributed by atoms with van der Waals surface area (Å²) >= 11 is 0. The minimum Gasteiger partial charge on any atom is -0.384 e. The van der Waals surface area contributed by atoms with Gasteiger partial charge in [0.2, 0.25) is 0 Å². The van der Waals surface area contributed by atoms with E-state index in [1.807, 2.05) is 14.2 Å². The number of hydrogen-bond acceptors (Lipinski definition) is 2. The Morgan fingerprint density at radius 1 is 0.909 bits per heavy atom. The molecule has 3 unspecified atom stereocenters. The molecule has 2 saturated carbocycles. The fourth-order valence-corrected chi connectivity index (χ4v) is 5.44. The zero-order valence-corrected chi connectivity index (χ0v) is 15.4. The Hall–Kier alpha value is -0.0800. The van der Waals surface area contributed by atoms with Gasteiger partial charge in [0.05, 0.1) is 13.2 Å². The smallest absolute Gasteiger partial charge is 0.0543 e. The van der Waals surface area contributed by atoms with E-state index in [0.717, 1.165) is 36.9 Å². The Morgan fingerprint density at radius 3 is 2.18 bits per heavy atom. The van der Waals surface area contributed by atoms with Crippen molar-refractivity contribution in [2.45, 2.75) is 71.6 Å². The second-order valence-corrected chi connectivity index (χ2v) is 8.41. The van der Waals surface area contributed by atoms with Gasteiger partial charge in [0.25, 0.3) is 0 Å². The largest absolute Gasteiger partial charge is 0.384 e. The first-order chi connectivity index (χ1) is 10.6. The maximum Gasteiger partial charge on any atom is 0.0543 e. The van der Waals surface area contributed by atoms with Gasteiger partial charge in [-0.1, -0.05) is 52.4 Å². The van der Waals surface area contributed by atoms with Crippen LogP contribution in [0.1, 0.15) is 71.6 Å². The van der Waals surface area contributed by atoms with E-state index in [4.69, 9.17) is 9.47 Å². The predicted molar refractivity (Wildman–Crippen MR) is 93.0 cm³/mol. The molecule has 2 aliphatic rings. The molecule has 0 aromatic heterocycles. The molecule has 2 fully saturated rings. The van der Waals surface area contributed by atoms with E-state index in [2.05, 4.69) is 13.8 Å². The van der Waals surface area contributed by atoms with Crippen molar-refractivity contribution in [3.8, 4) is 0 Å². The highest BCUT2D eigenvalue weighted by Crippen LogP contribution is 2.52. The first-order valence-corrected chi connectivity index (χ1v) is 9.61. The number of hydrogen-bond donors (Lipinski definition) is 0. The minimum atomic E-state index is 0.244. The van der Waals surface area contributed by atoms with Crippen LogP contribution in [0.2, 0.25) is 0 Å². The van der Waals surface area contributed by atoms with Crippen molar-refractivity contribution < 1.29 is 9.47 Å². The van der Waals surface area contributed by atoms with Crippen molar-refractivity contribution in [3.63, 3.8) is 0 Å². The van der Waals surface area contributed by atoms with Crippen LogP contribution in [-0.2, 0) is 9.47 Å². The van der Waals surface area contributed by atoms with E-state index in [-0.39, 0.29) is 5.41 Å². The van der Waals surface area contributed by atoms with Gasteiger partial charge in [-0.2, -0.15) is 0 Å². The standard InChI is InChI=1S/C20H38O2/c1-16(2)12-13-20(14-21-3,15-22-4)19-11-7-9-17-8-5-6-10-18(17)19/h16-19H,5-15H2,1-4H3. The van der Waals surface area contributed by atoms with Crippen molar-refractivity contribution in [2.24, 2.45) is 29.1 Å². The molecule has 130 valence electrons. The maximum absolute atomic E-state index is 5.75. The first-order valence-electron chi connectivity index (χ1n) is 9.61. The second kappa shape index (κ2) is 8.68. The predicted octanol–water partition coefficient (Wildman–Crippen LogP) is 5.31. The average molecular weight is 311 g/mol. The molecule has 0 N–H and O–H groups in total. The van der Waals surface area contributed by atoms with E-state index in [9.17, 15) is 0 Å². The van der Waals surface area contributed by atoms with E-state index in [1.54, 1.807) is 0 Å². The third-order valence-corrected chi connectivity index (χ3v) is 6.44. The molecule has 0 amide bonds. The molecule has 0 saturated heterocycles. The summed E-state index contributed by atoms with van der Waals surface area (Å²) in [6, 6.07) is 0. The van der Waals surface area contributed by atoms with Crippen LogP contribution < -0.4 is 0 Å². The van der Waals surface area contributed by atoms with Crippen LogP contribution in [0, 0.1) is 29.1 Å². The van der Waals surface area contributed by atoms with Gasteiger partial charge in [0.15, 0.2) is 0 Å². The van der Waals surface area contributed by atoms with Crippen molar-refractivity contribution in [1.82, 2.24) is 0 Å². The lowest BCUT2D eigenvalue weighted by molar-refractivity contribution is -0.0860. The highest BCUT2D eigenvalue weighted by Gasteiger charge is 2.47. The van der Waals surface area contributed by atoms with Crippen LogP contribution in [0.4, 0.5) is 0 Å². The van der Waals surface area contributed by atoms with Gasteiger partial charge in [0.1, 0.15) is 0 Å². The van der Waals surface area contributed by atoms with Crippen molar-refractivity contribution in [1.29, 1.82) is 0 Å². The summed E-state index contributed by atoms with van der Waals surface area (Å²) in [5, 5.41) is 0. The van der Waals surface area contributed by atoms with E-state index >= 15 is 0 Å². The van der Waals surface area contributed by atoms with E-state index in [1.165, 1.54) is 57.8 Å². The van der Waals surface area contributed by atoms with Crippen molar-refractivity contribution in [2.75, 3.05) is 27.4 Å². The molecule has 0 heterocycles. The topological polar surface area (TPSA) is 18.5 Å². The molecule has 2 nitrogen and oxygen atoms in total. The lowest BCUT2D eigenvalue weighted by atomic mass is 9.56. The maximum atomic E-state index is 5.75. The van der Waals surface area contributed by atoms with Gasteiger partial charge in [0, 0.05) is 19.6 Å². The minimum absolute atomic E-state index is 0.244. The van der Waals surface area contributed by atoms with Gasteiger partial charge < -0.3 is 9.47 Å². The second-order valence-electron chi connectivity index (χ2n) is 8.41. The van der Waals surface area contributed by atoms with Crippen LogP contribution in [-0.4, -0.2) is 27.4 Å². The monoisotopic (exact) mass is 310 g/mol. The first kappa shape index (κ1) is 18.3. The Labute approximate surface area is 138 Å². The Morgan fingerprint density at radius 2 is 1.55 bits per heavy atom. The fourth-order valence-electron chi connectivity index (χ4n) is 5.44. The molecule has 2 aliphatic carbocycles. The number of ether oxygens (including phenoxy) is 2.